The minimum absolute atomic E-state index is 0.145. The van der Waals surface area contributed by atoms with Crippen LogP contribution in [0, 0.1) is 0 Å². The van der Waals surface area contributed by atoms with Gasteiger partial charge in [0.15, 0.2) is 0 Å². The fourth-order valence-corrected chi connectivity index (χ4v) is 2.12. The lowest BCUT2D eigenvalue weighted by atomic mass is 10.2. The summed E-state index contributed by atoms with van der Waals surface area (Å²) in [5.74, 6) is 0.770. The van der Waals surface area contributed by atoms with Crippen LogP contribution in [0.1, 0.15) is 5.56 Å². The van der Waals surface area contributed by atoms with Crippen LogP contribution in [0.25, 0.3) is 0 Å². The molecule has 1 rings (SSSR count). The number of hydrogen-bond donors (Lipinski definition) is 1. The Kier molecular flexibility index (Phi) is 5.16. The Morgan fingerprint density at radius 2 is 2.15 bits per heavy atom. The molecule has 0 atom stereocenters. The third-order valence-corrected chi connectivity index (χ3v) is 2.92. The summed E-state index contributed by atoms with van der Waals surface area (Å²) < 4.78 is 10.8. The molecule has 0 radical (unpaired) electrons. The number of hydrogen-bond acceptors (Lipinski definition) is 3. The van der Waals surface area contributed by atoms with Crippen molar-refractivity contribution >= 4 is 44.8 Å². The second-order valence-corrected chi connectivity index (χ2v) is 3.95. The number of alkyl halides is 1. The molecular formula is C8H8Br2O2S. The summed E-state index contributed by atoms with van der Waals surface area (Å²) in [7, 11) is 0. The number of ether oxygens (including phenoxy) is 1. The van der Waals surface area contributed by atoms with Gasteiger partial charge in [0.2, 0.25) is 6.79 Å². The summed E-state index contributed by atoms with van der Waals surface area (Å²) in [6.07, 6.45) is 0. The van der Waals surface area contributed by atoms with E-state index in [1.807, 2.05) is 18.2 Å². The first kappa shape index (κ1) is 11.4. The molecule has 0 aliphatic heterocycles. The van der Waals surface area contributed by atoms with Gasteiger partial charge in [-0.15, -0.1) is 0 Å². The van der Waals surface area contributed by atoms with Crippen LogP contribution in [0.3, 0.4) is 0 Å². The van der Waals surface area contributed by atoms with Crippen molar-refractivity contribution in [3.8, 4) is 5.75 Å². The average molecular weight is 328 g/mol. The molecule has 1 aromatic rings. The van der Waals surface area contributed by atoms with E-state index in [1.165, 1.54) is 0 Å². The molecule has 13 heavy (non-hydrogen) atoms. The standard InChI is InChI=1S/C8H8Br2O2S/c9-4-6-3-7(11-5-12-13)1-2-8(6)10/h1-3,13H,4-5H2. The molecule has 0 unspecified atom stereocenters. The van der Waals surface area contributed by atoms with E-state index < -0.39 is 0 Å². The van der Waals surface area contributed by atoms with Crippen LogP contribution in [-0.4, -0.2) is 6.79 Å². The predicted octanol–water partition coefficient (Wildman–Crippen LogP) is 3.54. The maximum Gasteiger partial charge on any atom is 0.201 e. The topological polar surface area (TPSA) is 18.5 Å². The molecule has 0 aromatic heterocycles. The minimum atomic E-state index is 0.145. The smallest absolute Gasteiger partial charge is 0.201 e. The van der Waals surface area contributed by atoms with E-state index in [4.69, 9.17) is 4.74 Å². The van der Waals surface area contributed by atoms with Gasteiger partial charge in [0, 0.05) is 9.80 Å². The van der Waals surface area contributed by atoms with Crippen LogP contribution >= 0.6 is 44.8 Å². The van der Waals surface area contributed by atoms with Crippen LogP contribution < -0.4 is 4.74 Å². The van der Waals surface area contributed by atoms with Crippen LogP contribution in [0.4, 0.5) is 0 Å². The number of rotatable bonds is 4. The molecule has 0 spiro atoms. The first-order valence-corrected chi connectivity index (χ1v) is 5.79. The zero-order valence-corrected chi connectivity index (χ0v) is 10.7. The fourth-order valence-electron chi connectivity index (χ4n) is 0.838. The van der Waals surface area contributed by atoms with Crippen LogP contribution in [0.15, 0.2) is 22.7 Å². The molecule has 0 heterocycles. The molecule has 0 amide bonds. The van der Waals surface area contributed by atoms with Crippen LogP contribution in [-0.2, 0) is 9.51 Å². The molecule has 0 saturated carbocycles. The van der Waals surface area contributed by atoms with E-state index in [1.54, 1.807) is 0 Å². The van der Waals surface area contributed by atoms with Crippen molar-refractivity contribution in [3.63, 3.8) is 0 Å². The van der Waals surface area contributed by atoms with Gasteiger partial charge in [-0.25, -0.2) is 0 Å². The van der Waals surface area contributed by atoms with E-state index in [0.29, 0.717) is 0 Å². The van der Waals surface area contributed by atoms with Gasteiger partial charge in [0.1, 0.15) is 5.75 Å². The fraction of sp³-hybridized carbons (Fsp3) is 0.250. The Morgan fingerprint density at radius 1 is 1.38 bits per heavy atom. The molecular weight excluding hydrogens is 320 g/mol. The highest BCUT2D eigenvalue weighted by atomic mass is 79.9. The maximum atomic E-state index is 5.21. The lowest BCUT2D eigenvalue weighted by Gasteiger charge is -2.06. The summed E-state index contributed by atoms with van der Waals surface area (Å²) in [5, 5.41) is 0.784. The molecule has 0 aliphatic carbocycles. The lowest BCUT2D eigenvalue weighted by Crippen LogP contribution is -1.96. The lowest BCUT2D eigenvalue weighted by molar-refractivity contribution is 0.145. The SMILES string of the molecule is SOCOc1ccc(Br)c(CBr)c1. The van der Waals surface area contributed by atoms with E-state index in [9.17, 15) is 0 Å². The number of halogens is 2. The van der Waals surface area contributed by atoms with Crippen molar-refractivity contribution in [1.29, 1.82) is 0 Å². The van der Waals surface area contributed by atoms with Gasteiger partial charge < -0.3 is 4.74 Å². The molecule has 0 fully saturated rings. The highest BCUT2D eigenvalue weighted by Gasteiger charge is 2.00. The molecule has 0 bridgehead atoms. The van der Waals surface area contributed by atoms with Crippen molar-refractivity contribution in [1.82, 2.24) is 0 Å². The summed E-state index contributed by atoms with van der Waals surface area (Å²) >= 11 is 10.4. The quantitative estimate of drug-likeness (QED) is 0.394. The molecule has 1 aromatic carbocycles. The van der Waals surface area contributed by atoms with Crippen molar-refractivity contribution in [3.05, 3.63) is 28.2 Å². The van der Waals surface area contributed by atoms with E-state index in [-0.39, 0.29) is 6.79 Å². The monoisotopic (exact) mass is 326 g/mol. The summed E-state index contributed by atoms with van der Waals surface area (Å²) in [4.78, 5) is 0. The molecule has 5 heteroatoms. The third-order valence-electron chi connectivity index (χ3n) is 1.44. The second-order valence-electron chi connectivity index (χ2n) is 2.28. The van der Waals surface area contributed by atoms with Crippen LogP contribution in [0.2, 0.25) is 0 Å². The van der Waals surface area contributed by atoms with Gasteiger partial charge >= 0.3 is 0 Å². The molecule has 72 valence electrons. The Hall–Kier alpha value is 0.290. The zero-order valence-electron chi connectivity index (χ0n) is 6.67. The van der Waals surface area contributed by atoms with Crippen LogP contribution in [0.5, 0.6) is 5.75 Å². The van der Waals surface area contributed by atoms with Gasteiger partial charge in [0.05, 0.1) is 0 Å². The predicted molar refractivity (Wildman–Crippen MR) is 62.3 cm³/mol. The Labute approximate surface area is 99.5 Å². The van der Waals surface area contributed by atoms with Crippen molar-refractivity contribution in [2.24, 2.45) is 0 Å². The van der Waals surface area contributed by atoms with E-state index in [2.05, 4.69) is 49.0 Å². The molecule has 0 N–H and O–H groups in total. The minimum Gasteiger partial charge on any atom is -0.467 e. The van der Waals surface area contributed by atoms with Gasteiger partial charge in [-0.1, -0.05) is 31.9 Å². The largest absolute Gasteiger partial charge is 0.467 e. The van der Waals surface area contributed by atoms with Crippen molar-refractivity contribution in [2.45, 2.75) is 5.33 Å². The summed E-state index contributed by atoms with van der Waals surface area (Å²) in [6, 6.07) is 5.74. The normalized spacial score (nSPS) is 10.1. The first-order valence-electron chi connectivity index (χ1n) is 3.51. The zero-order chi connectivity index (χ0) is 9.68. The third kappa shape index (κ3) is 3.50. The Bertz CT molecular complexity index is 281. The number of thiol groups is 1. The highest BCUT2D eigenvalue weighted by Crippen LogP contribution is 2.24. The average Bonchev–Trinajstić information content (AvgIpc) is 2.16. The van der Waals surface area contributed by atoms with E-state index >= 15 is 0 Å². The second kappa shape index (κ2) is 5.90. The van der Waals surface area contributed by atoms with Gasteiger partial charge in [-0.2, -0.15) is 0 Å². The van der Waals surface area contributed by atoms with E-state index in [0.717, 1.165) is 21.1 Å². The summed E-state index contributed by atoms with van der Waals surface area (Å²) in [5.41, 5.74) is 1.14. The molecule has 0 saturated heterocycles. The van der Waals surface area contributed by atoms with Gasteiger partial charge in [0.25, 0.3) is 0 Å². The summed E-state index contributed by atoms with van der Waals surface area (Å²) in [6.45, 7) is 0.145. The Balaban J connectivity index is 2.74. The molecule has 0 aliphatic rings. The van der Waals surface area contributed by atoms with Gasteiger partial charge in [-0.05, 0) is 36.7 Å². The van der Waals surface area contributed by atoms with Crippen molar-refractivity contribution in [2.75, 3.05) is 6.79 Å². The van der Waals surface area contributed by atoms with Crippen molar-refractivity contribution < 1.29 is 8.92 Å². The Morgan fingerprint density at radius 3 is 2.77 bits per heavy atom. The first-order chi connectivity index (χ1) is 6.27. The molecule has 2 nitrogen and oxygen atoms in total. The van der Waals surface area contributed by atoms with Gasteiger partial charge in [-0.3, -0.25) is 4.18 Å². The number of benzene rings is 1. The maximum absolute atomic E-state index is 5.21. The highest BCUT2D eigenvalue weighted by molar-refractivity contribution is 9.10.